The third-order valence-corrected chi connectivity index (χ3v) is 3.50. The first-order chi connectivity index (χ1) is 12.0. The number of hydrogen-bond donors (Lipinski definition) is 2. The molecule has 2 rings (SSSR count). The first-order valence-corrected chi connectivity index (χ1v) is 7.73. The van der Waals surface area contributed by atoms with E-state index in [9.17, 15) is 9.59 Å². The molecule has 1 heterocycles. The Labute approximate surface area is 145 Å². The fraction of sp³-hybridized carbons (Fsp3) is 0.375. The third-order valence-electron chi connectivity index (χ3n) is 3.50. The third kappa shape index (κ3) is 4.46. The largest absolute Gasteiger partial charge is 0.495 e. The Balaban J connectivity index is 2.17. The molecular formula is C16H21N5O4. The number of hydrogen-bond acceptors (Lipinski definition) is 6. The molecule has 0 aliphatic rings. The number of aromatic nitrogens is 2. The van der Waals surface area contributed by atoms with Crippen LogP contribution < -0.4 is 15.4 Å². The van der Waals surface area contributed by atoms with Crippen molar-refractivity contribution in [1.29, 1.82) is 0 Å². The zero-order chi connectivity index (χ0) is 18.4. The maximum Gasteiger partial charge on any atom is 0.322 e. The molecule has 0 radical (unpaired) electrons. The van der Waals surface area contributed by atoms with Gasteiger partial charge in [-0.3, -0.25) is 4.79 Å². The lowest BCUT2D eigenvalue weighted by atomic mass is 10.1. The lowest BCUT2D eigenvalue weighted by Crippen LogP contribution is -2.34. The molecule has 0 atom stereocenters. The Hall–Kier alpha value is -3.10. The fourth-order valence-electron chi connectivity index (χ4n) is 2.19. The Morgan fingerprint density at radius 2 is 2.12 bits per heavy atom. The average molecular weight is 347 g/mol. The summed E-state index contributed by atoms with van der Waals surface area (Å²) < 4.78 is 10.2. The number of nitrogens with zero attached hydrogens (tertiary/aromatic N) is 3. The summed E-state index contributed by atoms with van der Waals surface area (Å²) in [5, 5.41) is 9.08. The first-order valence-electron chi connectivity index (χ1n) is 7.73. The van der Waals surface area contributed by atoms with Gasteiger partial charge < -0.3 is 24.8 Å². The summed E-state index contributed by atoms with van der Waals surface area (Å²) in [5.41, 5.74) is 0.812. The van der Waals surface area contributed by atoms with Gasteiger partial charge in [0.2, 0.25) is 5.89 Å². The Morgan fingerprint density at radius 1 is 1.36 bits per heavy atom. The van der Waals surface area contributed by atoms with E-state index < -0.39 is 0 Å². The zero-order valence-electron chi connectivity index (χ0n) is 14.6. The minimum absolute atomic E-state index is 0.205. The van der Waals surface area contributed by atoms with Crippen LogP contribution in [0.15, 0.2) is 22.7 Å². The second kappa shape index (κ2) is 8.13. The summed E-state index contributed by atoms with van der Waals surface area (Å²) in [7, 11) is 3.03. The molecule has 0 aliphatic heterocycles. The van der Waals surface area contributed by atoms with Crippen molar-refractivity contribution in [3.05, 3.63) is 35.5 Å². The zero-order valence-corrected chi connectivity index (χ0v) is 14.6. The van der Waals surface area contributed by atoms with E-state index in [-0.39, 0.29) is 18.5 Å². The van der Waals surface area contributed by atoms with Crippen LogP contribution in [-0.2, 0) is 6.54 Å². The van der Waals surface area contributed by atoms with Gasteiger partial charge in [-0.1, -0.05) is 5.16 Å². The van der Waals surface area contributed by atoms with Crippen LogP contribution in [0.3, 0.4) is 0 Å². The Morgan fingerprint density at radius 3 is 2.68 bits per heavy atom. The Kier molecular flexibility index (Phi) is 5.93. The molecule has 134 valence electrons. The molecule has 0 aliphatic carbocycles. The van der Waals surface area contributed by atoms with E-state index in [0.29, 0.717) is 35.3 Å². The lowest BCUT2D eigenvalue weighted by Gasteiger charge is -2.20. The standard InChI is InChI=1S/C16H21N5O4/c1-5-21(9-14-18-10(2)25-20-14)16(23)19-12-8-11(15(22)17-3)6-7-13(12)24-4/h6-8H,5,9H2,1-4H3,(H,17,22)(H,19,23). The van der Waals surface area contributed by atoms with Crippen molar-refractivity contribution < 1.29 is 18.8 Å². The average Bonchev–Trinajstić information content (AvgIpc) is 3.03. The predicted octanol–water partition coefficient (Wildman–Crippen LogP) is 1.80. The van der Waals surface area contributed by atoms with Crippen LogP contribution in [0, 0.1) is 6.92 Å². The smallest absolute Gasteiger partial charge is 0.322 e. The molecule has 0 bridgehead atoms. The molecule has 3 amide bonds. The van der Waals surface area contributed by atoms with Gasteiger partial charge in [0.05, 0.1) is 19.3 Å². The number of carbonyl (C=O) groups excluding carboxylic acids is 2. The van der Waals surface area contributed by atoms with Crippen molar-refractivity contribution in [2.75, 3.05) is 26.0 Å². The maximum absolute atomic E-state index is 12.5. The number of methoxy groups -OCH3 is 1. The summed E-state index contributed by atoms with van der Waals surface area (Å²) >= 11 is 0. The van der Waals surface area contributed by atoms with E-state index >= 15 is 0 Å². The van der Waals surface area contributed by atoms with Gasteiger partial charge in [0, 0.05) is 26.1 Å². The monoisotopic (exact) mass is 347 g/mol. The maximum atomic E-state index is 12.5. The fourth-order valence-corrected chi connectivity index (χ4v) is 2.19. The molecule has 9 nitrogen and oxygen atoms in total. The van der Waals surface area contributed by atoms with Crippen molar-refractivity contribution >= 4 is 17.6 Å². The summed E-state index contributed by atoms with van der Waals surface area (Å²) in [6.07, 6.45) is 0. The number of aryl methyl sites for hydroxylation is 1. The molecule has 0 unspecified atom stereocenters. The SMILES string of the molecule is CCN(Cc1noc(C)n1)C(=O)Nc1cc(C(=O)NC)ccc1OC. The molecule has 0 fully saturated rings. The minimum atomic E-state index is -0.364. The molecule has 2 aromatic rings. The molecule has 1 aromatic heterocycles. The van der Waals surface area contributed by atoms with Crippen LogP contribution in [0.25, 0.3) is 0 Å². The summed E-state index contributed by atoms with van der Waals surface area (Å²) in [4.78, 5) is 29.9. The van der Waals surface area contributed by atoms with Crippen molar-refractivity contribution in [3.63, 3.8) is 0 Å². The van der Waals surface area contributed by atoms with E-state index in [1.54, 1.807) is 25.1 Å². The number of amides is 3. The summed E-state index contributed by atoms with van der Waals surface area (Å²) in [6.45, 7) is 4.17. The number of urea groups is 1. The summed E-state index contributed by atoms with van der Waals surface area (Å²) in [6, 6.07) is 4.44. The van der Waals surface area contributed by atoms with Crippen LogP contribution in [-0.4, -0.2) is 47.7 Å². The van der Waals surface area contributed by atoms with Crippen LogP contribution in [0.5, 0.6) is 5.75 Å². The molecule has 2 N–H and O–H groups in total. The van der Waals surface area contributed by atoms with Crippen LogP contribution in [0.4, 0.5) is 10.5 Å². The number of benzene rings is 1. The van der Waals surface area contributed by atoms with Crippen molar-refractivity contribution in [1.82, 2.24) is 20.4 Å². The molecule has 1 aromatic carbocycles. The Bertz CT molecular complexity index is 759. The van der Waals surface area contributed by atoms with Gasteiger partial charge >= 0.3 is 6.03 Å². The van der Waals surface area contributed by atoms with Crippen molar-refractivity contribution in [2.45, 2.75) is 20.4 Å². The normalized spacial score (nSPS) is 10.2. The van der Waals surface area contributed by atoms with Gasteiger partial charge in [0.1, 0.15) is 5.75 Å². The van der Waals surface area contributed by atoms with Crippen LogP contribution >= 0.6 is 0 Å². The number of nitrogens with one attached hydrogen (secondary N) is 2. The van der Waals surface area contributed by atoms with E-state index in [4.69, 9.17) is 9.26 Å². The molecule has 9 heteroatoms. The molecule has 25 heavy (non-hydrogen) atoms. The molecule has 0 saturated carbocycles. The highest BCUT2D eigenvalue weighted by Gasteiger charge is 2.18. The predicted molar refractivity (Wildman–Crippen MR) is 90.5 cm³/mol. The van der Waals surface area contributed by atoms with Gasteiger partial charge in [0.15, 0.2) is 5.82 Å². The highest BCUT2D eigenvalue weighted by Crippen LogP contribution is 2.26. The van der Waals surface area contributed by atoms with Gasteiger partial charge in [-0.15, -0.1) is 0 Å². The molecule has 0 saturated heterocycles. The summed E-state index contributed by atoms with van der Waals surface area (Å²) in [5.74, 6) is 1.05. The van der Waals surface area contributed by atoms with Gasteiger partial charge in [0.25, 0.3) is 5.91 Å². The van der Waals surface area contributed by atoms with Crippen LogP contribution in [0.2, 0.25) is 0 Å². The molecule has 0 spiro atoms. The minimum Gasteiger partial charge on any atom is -0.495 e. The topological polar surface area (TPSA) is 110 Å². The number of carbonyl (C=O) groups is 2. The first kappa shape index (κ1) is 18.2. The van der Waals surface area contributed by atoms with E-state index in [1.807, 2.05) is 6.92 Å². The van der Waals surface area contributed by atoms with Gasteiger partial charge in [-0.2, -0.15) is 4.98 Å². The van der Waals surface area contributed by atoms with E-state index in [2.05, 4.69) is 20.8 Å². The van der Waals surface area contributed by atoms with Gasteiger partial charge in [-0.25, -0.2) is 4.79 Å². The van der Waals surface area contributed by atoms with Crippen molar-refractivity contribution in [3.8, 4) is 5.75 Å². The van der Waals surface area contributed by atoms with E-state index in [1.165, 1.54) is 19.1 Å². The highest BCUT2D eigenvalue weighted by molar-refractivity contribution is 5.97. The van der Waals surface area contributed by atoms with Gasteiger partial charge in [-0.05, 0) is 25.1 Å². The van der Waals surface area contributed by atoms with E-state index in [0.717, 1.165) is 0 Å². The number of ether oxygens (including phenoxy) is 1. The molecular weight excluding hydrogens is 326 g/mol. The number of rotatable bonds is 6. The lowest BCUT2D eigenvalue weighted by molar-refractivity contribution is 0.0963. The number of anilines is 1. The van der Waals surface area contributed by atoms with Crippen LogP contribution in [0.1, 0.15) is 29.0 Å². The van der Waals surface area contributed by atoms with Crippen molar-refractivity contribution in [2.24, 2.45) is 0 Å². The highest BCUT2D eigenvalue weighted by atomic mass is 16.5. The second-order valence-electron chi connectivity index (χ2n) is 5.17. The second-order valence-corrected chi connectivity index (χ2v) is 5.17. The quantitative estimate of drug-likeness (QED) is 0.824.